The Kier molecular flexibility index (Phi) is 23.4. The number of amidine groups is 1. The maximum Gasteiger partial charge on any atom is 0.306 e. The Balaban J connectivity index is 1.93. The second-order valence-electron chi connectivity index (χ2n) is 10.7. The highest BCUT2D eigenvalue weighted by Gasteiger charge is 2.04. The number of unbranched alkanes of at least 4 members (excludes halogenated alkanes) is 14. The van der Waals surface area contributed by atoms with Crippen LogP contribution in [-0.2, 0) is 16.0 Å². The van der Waals surface area contributed by atoms with Gasteiger partial charge in [0.25, 0.3) is 0 Å². The molecular formula is C33H58N2O2S. The summed E-state index contributed by atoms with van der Waals surface area (Å²) in [7, 11) is 0. The molecule has 0 aliphatic carbocycles. The van der Waals surface area contributed by atoms with E-state index in [-0.39, 0.29) is 5.97 Å². The number of nitrogens with one attached hydrogen (secondary N) is 2. The second-order valence-corrected chi connectivity index (χ2v) is 11.9. The van der Waals surface area contributed by atoms with E-state index in [0.29, 0.717) is 18.9 Å². The van der Waals surface area contributed by atoms with Crippen molar-refractivity contribution in [2.75, 3.05) is 23.4 Å². The summed E-state index contributed by atoms with van der Waals surface area (Å²) < 4.78 is 5.38. The average molecular weight is 547 g/mol. The van der Waals surface area contributed by atoms with Gasteiger partial charge < -0.3 is 10.1 Å². The number of rotatable bonds is 26. The second kappa shape index (κ2) is 25.8. The molecule has 0 aliphatic heterocycles. The Morgan fingerprint density at radius 3 is 1.87 bits per heavy atom. The average Bonchev–Trinajstić information content (AvgIpc) is 2.92. The lowest BCUT2D eigenvalue weighted by atomic mass is 10.0. The maximum absolute atomic E-state index is 11.9. The van der Waals surface area contributed by atoms with Gasteiger partial charge in [0, 0.05) is 17.9 Å². The molecule has 0 saturated carbocycles. The molecule has 0 bridgehead atoms. The van der Waals surface area contributed by atoms with Gasteiger partial charge in [-0.1, -0.05) is 116 Å². The van der Waals surface area contributed by atoms with Gasteiger partial charge in [0.1, 0.15) is 0 Å². The van der Waals surface area contributed by atoms with Gasteiger partial charge in [-0.05, 0) is 49.1 Å². The Hall–Kier alpha value is -1.49. The van der Waals surface area contributed by atoms with Crippen molar-refractivity contribution in [2.24, 2.45) is 0 Å². The van der Waals surface area contributed by atoms with Crippen LogP contribution in [0.2, 0.25) is 0 Å². The molecule has 0 aromatic heterocycles. The molecule has 2 N–H and O–H groups in total. The molecule has 1 aromatic rings. The van der Waals surface area contributed by atoms with Crippen molar-refractivity contribution in [3.8, 4) is 0 Å². The van der Waals surface area contributed by atoms with Gasteiger partial charge in [-0.15, -0.1) is 0 Å². The van der Waals surface area contributed by atoms with Gasteiger partial charge in [0.15, 0.2) is 0 Å². The number of thioether (sulfide) groups is 1. The largest absolute Gasteiger partial charge is 0.466 e. The summed E-state index contributed by atoms with van der Waals surface area (Å²) in [4.78, 5) is 11.9. The van der Waals surface area contributed by atoms with Crippen molar-refractivity contribution in [1.82, 2.24) is 0 Å². The molecule has 5 heteroatoms. The Labute approximate surface area is 239 Å². The van der Waals surface area contributed by atoms with E-state index in [1.165, 1.54) is 102 Å². The normalized spacial score (nSPS) is 11.0. The van der Waals surface area contributed by atoms with Crippen molar-refractivity contribution in [2.45, 2.75) is 142 Å². The van der Waals surface area contributed by atoms with Crippen LogP contribution in [-0.4, -0.2) is 29.9 Å². The van der Waals surface area contributed by atoms with E-state index >= 15 is 0 Å². The quantitative estimate of drug-likeness (QED) is 0.0525. The van der Waals surface area contributed by atoms with Crippen LogP contribution in [0.15, 0.2) is 24.3 Å². The molecule has 0 atom stereocenters. The lowest BCUT2D eigenvalue weighted by molar-refractivity contribution is -0.143. The van der Waals surface area contributed by atoms with Crippen molar-refractivity contribution in [3.63, 3.8) is 0 Å². The third-order valence-corrected chi connectivity index (χ3v) is 8.07. The number of hydrogen-bond acceptors (Lipinski definition) is 4. The smallest absolute Gasteiger partial charge is 0.306 e. The minimum absolute atomic E-state index is 0.0669. The van der Waals surface area contributed by atoms with Gasteiger partial charge in [-0.25, -0.2) is 0 Å². The minimum Gasteiger partial charge on any atom is -0.466 e. The van der Waals surface area contributed by atoms with Crippen LogP contribution in [0.1, 0.15) is 141 Å². The number of anilines is 1. The summed E-state index contributed by atoms with van der Waals surface area (Å²) in [6, 6.07) is 8.56. The molecule has 0 fully saturated rings. The van der Waals surface area contributed by atoms with Crippen molar-refractivity contribution >= 4 is 29.3 Å². The third-order valence-electron chi connectivity index (χ3n) is 7.00. The third kappa shape index (κ3) is 21.4. The van der Waals surface area contributed by atoms with Gasteiger partial charge >= 0.3 is 5.97 Å². The molecule has 0 spiro atoms. The molecule has 218 valence electrons. The standard InChI is InChI=1S/C33H58N2O2S/c1-3-5-7-9-11-12-13-14-16-18-27-37-33(36)26-29-38-28-19-21-32(34)35-31-24-22-30(23-25-31)20-17-15-10-8-6-4-2/h22-25H,3-21,26-29H2,1-2H3,(H2,34,35). The lowest BCUT2D eigenvalue weighted by Gasteiger charge is -2.09. The molecule has 0 aliphatic rings. The minimum atomic E-state index is -0.0669. The zero-order chi connectivity index (χ0) is 27.5. The highest BCUT2D eigenvalue weighted by atomic mass is 32.2. The van der Waals surface area contributed by atoms with Gasteiger partial charge in [0.2, 0.25) is 0 Å². The van der Waals surface area contributed by atoms with E-state index in [1.54, 1.807) is 11.8 Å². The fourth-order valence-corrected chi connectivity index (χ4v) is 5.42. The molecule has 0 heterocycles. The summed E-state index contributed by atoms with van der Waals surface area (Å²) in [5.41, 5.74) is 2.38. The van der Waals surface area contributed by atoms with Crippen LogP contribution in [0.25, 0.3) is 0 Å². The van der Waals surface area contributed by atoms with Crippen LogP contribution < -0.4 is 5.32 Å². The molecule has 0 radical (unpaired) electrons. The highest BCUT2D eigenvalue weighted by Crippen LogP contribution is 2.15. The first kappa shape index (κ1) is 34.5. The Bertz CT molecular complexity index is 693. The number of carbonyl (C=O) groups excluding carboxylic acids is 1. The van der Waals surface area contributed by atoms with Crippen molar-refractivity contribution in [1.29, 1.82) is 5.41 Å². The summed E-state index contributed by atoms with van der Waals surface area (Å²) in [6.45, 7) is 5.09. The maximum atomic E-state index is 11.9. The molecule has 1 aromatic carbocycles. The SMILES string of the molecule is CCCCCCCCCCCCOC(=O)CCSCCCC(=N)Nc1ccc(CCCCCCCC)cc1. The van der Waals surface area contributed by atoms with E-state index in [9.17, 15) is 4.79 Å². The Morgan fingerprint density at radius 2 is 1.26 bits per heavy atom. The number of benzene rings is 1. The molecule has 1 rings (SSSR count). The van der Waals surface area contributed by atoms with Crippen LogP contribution >= 0.6 is 11.8 Å². The molecule has 0 amide bonds. The van der Waals surface area contributed by atoms with Crippen molar-refractivity contribution < 1.29 is 9.53 Å². The van der Waals surface area contributed by atoms with Crippen LogP contribution in [0, 0.1) is 5.41 Å². The topological polar surface area (TPSA) is 62.2 Å². The number of aryl methyl sites for hydroxylation is 1. The summed E-state index contributed by atoms with van der Waals surface area (Å²) >= 11 is 1.78. The number of ether oxygens (including phenoxy) is 1. The zero-order valence-electron chi connectivity index (χ0n) is 24.8. The fraction of sp³-hybridized carbons (Fsp3) is 0.758. The fourth-order valence-electron chi connectivity index (χ4n) is 4.56. The zero-order valence-corrected chi connectivity index (χ0v) is 25.6. The van der Waals surface area contributed by atoms with Gasteiger partial charge in [-0.3, -0.25) is 10.2 Å². The number of hydrogen-bond donors (Lipinski definition) is 2. The van der Waals surface area contributed by atoms with E-state index in [1.807, 2.05) is 0 Å². The van der Waals surface area contributed by atoms with E-state index in [2.05, 4.69) is 43.4 Å². The molecule has 0 saturated heterocycles. The number of carbonyl (C=O) groups is 1. The summed E-state index contributed by atoms with van der Waals surface area (Å²) in [5, 5.41) is 11.4. The predicted octanol–water partition coefficient (Wildman–Crippen LogP) is 10.3. The predicted molar refractivity (Wildman–Crippen MR) is 169 cm³/mol. The van der Waals surface area contributed by atoms with Crippen LogP contribution in [0.4, 0.5) is 5.69 Å². The van der Waals surface area contributed by atoms with Gasteiger partial charge in [-0.2, -0.15) is 11.8 Å². The summed E-state index contributed by atoms with van der Waals surface area (Å²) in [5.74, 6) is 2.26. The monoisotopic (exact) mass is 546 g/mol. The number of esters is 1. The van der Waals surface area contributed by atoms with E-state index < -0.39 is 0 Å². The highest BCUT2D eigenvalue weighted by molar-refractivity contribution is 7.99. The molecule has 38 heavy (non-hydrogen) atoms. The molecular weight excluding hydrogens is 488 g/mol. The van der Waals surface area contributed by atoms with Gasteiger partial charge in [0.05, 0.1) is 18.9 Å². The van der Waals surface area contributed by atoms with Crippen molar-refractivity contribution in [3.05, 3.63) is 29.8 Å². The van der Waals surface area contributed by atoms with E-state index in [0.717, 1.165) is 42.9 Å². The lowest BCUT2D eigenvalue weighted by Crippen LogP contribution is -2.11. The molecule has 4 nitrogen and oxygen atoms in total. The first-order chi connectivity index (χ1) is 18.7. The summed E-state index contributed by atoms with van der Waals surface area (Å²) in [6.07, 6.45) is 24.2. The first-order valence-electron chi connectivity index (χ1n) is 15.8. The van der Waals surface area contributed by atoms with Crippen LogP contribution in [0.3, 0.4) is 0 Å². The first-order valence-corrected chi connectivity index (χ1v) is 17.0. The molecule has 0 unspecified atom stereocenters. The van der Waals surface area contributed by atoms with Crippen LogP contribution in [0.5, 0.6) is 0 Å². The Morgan fingerprint density at radius 1 is 0.711 bits per heavy atom. The van der Waals surface area contributed by atoms with E-state index in [4.69, 9.17) is 10.1 Å².